The molecule has 2 aromatic heterocycles. The molecule has 3 N–H and O–H groups in total. The standard InChI is InChI=1S/C22H21F3N4O4/c1-32-19-8-3-14(12-27-19)18-11-15(13-28-20(18)26-9-2-10-30)21(31)29-16-4-6-17(7-5-16)33-22(23,24)25/h3-8,11-13,30H,2,9-10H2,1H3,(H,26,28)(H,29,31). The lowest BCUT2D eigenvalue weighted by atomic mass is 10.1. The lowest BCUT2D eigenvalue weighted by molar-refractivity contribution is -0.274. The van der Waals surface area contributed by atoms with Crippen LogP contribution in [-0.4, -0.2) is 47.6 Å². The minimum atomic E-state index is -4.80. The number of carbonyl (C=O) groups excluding carboxylic acids is 1. The van der Waals surface area contributed by atoms with Crippen LogP contribution in [0.2, 0.25) is 0 Å². The Bertz CT molecular complexity index is 1070. The average molecular weight is 462 g/mol. The van der Waals surface area contributed by atoms with E-state index in [-0.39, 0.29) is 17.9 Å². The quantitative estimate of drug-likeness (QED) is 0.411. The first kappa shape index (κ1) is 23.8. The first-order chi connectivity index (χ1) is 15.8. The van der Waals surface area contributed by atoms with Crippen LogP contribution in [0.15, 0.2) is 54.9 Å². The molecule has 0 saturated heterocycles. The predicted octanol–water partition coefficient (Wildman–Crippen LogP) is 4.10. The molecule has 33 heavy (non-hydrogen) atoms. The van der Waals surface area contributed by atoms with Crippen LogP contribution in [0.4, 0.5) is 24.7 Å². The Hall–Kier alpha value is -3.86. The molecule has 0 unspecified atom stereocenters. The minimum Gasteiger partial charge on any atom is -0.481 e. The van der Waals surface area contributed by atoms with E-state index < -0.39 is 18.0 Å². The van der Waals surface area contributed by atoms with E-state index in [0.29, 0.717) is 35.8 Å². The summed E-state index contributed by atoms with van der Waals surface area (Å²) in [6, 6.07) is 9.85. The van der Waals surface area contributed by atoms with Gasteiger partial charge < -0.3 is 25.2 Å². The van der Waals surface area contributed by atoms with Crippen LogP contribution in [0.3, 0.4) is 0 Å². The highest BCUT2D eigenvalue weighted by molar-refractivity contribution is 6.05. The summed E-state index contributed by atoms with van der Waals surface area (Å²) in [6.07, 6.45) is -1.33. The molecule has 3 rings (SSSR count). The Morgan fingerprint density at radius 3 is 2.45 bits per heavy atom. The number of amides is 1. The molecule has 1 amide bonds. The molecule has 0 aliphatic heterocycles. The lowest BCUT2D eigenvalue weighted by Gasteiger charge is -2.13. The third-order valence-electron chi connectivity index (χ3n) is 4.38. The van der Waals surface area contributed by atoms with Gasteiger partial charge in [0.25, 0.3) is 5.91 Å². The number of nitrogens with zero attached hydrogens (tertiary/aromatic N) is 2. The van der Waals surface area contributed by atoms with Crippen LogP contribution in [-0.2, 0) is 0 Å². The molecule has 2 heterocycles. The predicted molar refractivity (Wildman–Crippen MR) is 115 cm³/mol. The number of benzene rings is 1. The summed E-state index contributed by atoms with van der Waals surface area (Å²) in [5.41, 5.74) is 1.79. The number of hydrogen-bond acceptors (Lipinski definition) is 7. The molecule has 0 fully saturated rings. The second-order valence-electron chi connectivity index (χ2n) is 6.74. The fraction of sp³-hybridized carbons (Fsp3) is 0.227. The summed E-state index contributed by atoms with van der Waals surface area (Å²) < 4.78 is 45.8. The van der Waals surface area contributed by atoms with Gasteiger partial charge in [0.15, 0.2) is 0 Å². The maximum Gasteiger partial charge on any atom is 0.573 e. The van der Waals surface area contributed by atoms with Crippen LogP contribution in [0.25, 0.3) is 11.1 Å². The summed E-state index contributed by atoms with van der Waals surface area (Å²) in [5, 5.41) is 14.7. The Morgan fingerprint density at radius 1 is 1.09 bits per heavy atom. The van der Waals surface area contributed by atoms with Crippen LogP contribution in [0, 0.1) is 0 Å². The number of alkyl halides is 3. The van der Waals surface area contributed by atoms with E-state index in [9.17, 15) is 18.0 Å². The first-order valence-electron chi connectivity index (χ1n) is 9.81. The topological polar surface area (TPSA) is 106 Å². The molecule has 3 aromatic rings. The van der Waals surface area contributed by atoms with Gasteiger partial charge in [0.05, 0.1) is 12.7 Å². The number of aliphatic hydroxyl groups excluding tert-OH is 1. The van der Waals surface area contributed by atoms with Gasteiger partial charge in [-0.2, -0.15) is 0 Å². The van der Waals surface area contributed by atoms with Crippen molar-refractivity contribution >= 4 is 17.4 Å². The van der Waals surface area contributed by atoms with Gasteiger partial charge in [-0.25, -0.2) is 9.97 Å². The number of rotatable bonds is 9. The molecule has 0 aliphatic carbocycles. The Morgan fingerprint density at radius 2 is 1.85 bits per heavy atom. The van der Waals surface area contributed by atoms with E-state index >= 15 is 0 Å². The number of aliphatic hydroxyl groups is 1. The molecular formula is C22H21F3N4O4. The van der Waals surface area contributed by atoms with Gasteiger partial charge in [-0.3, -0.25) is 4.79 Å². The molecule has 0 radical (unpaired) electrons. The van der Waals surface area contributed by atoms with E-state index in [1.807, 2.05) is 0 Å². The summed E-state index contributed by atoms with van der Waals surface area (Å²) >= 11 is 0. The smallest absolute Gasteiger partial charge is 0.481 e. The van der Waals surface area contributed by atoms with E-state index in [1.165, 1.54) is 25.4 Å². The van der Waals surface area contributed by atoms with Gasteiger partial charge in [0.2, 0.25) is 5.88 Å². The maximum atomic E-state index is 12.7. The van der Waals surface area contributed by atoms with Crippen molar-refractivity contribution in [1.29, 1.82) is 0 Å². The normalized spacial score (nSPS) is 11.1. The van der Waals surface area contributed by atoms with Crippen molar-refractivity contribution in [3.05, 3.63) is 60.4 Å². The Labute approximate surface area is 187 Å². The molecule has 8 nitrogen and oxygen atoms in total. The van der Waals surface area contributed by atoms with Crippen molar-refractivity contribution in [2.75, 3.05) is 30.9 Å². The van der Waals surface area contributed by atoms with Gasteiger partial charge in [-0.15, -0.1) is 13.2 Å². The summed E-state index contributed by atoms with van der Waals surface area (Å²) in [6.45, 7) is 0.484. The Balaban J connectivity index is 1.82. The summed E-state index contributed by atoms with van der Waals surface area (Å²) in [5.74, 6) is 0.0281. The molecule has 0 atom stereocenters. The molecule has 1 aromatic carbocycles. The van der Waals surface area contributed by atoms with Gasteiger partial charge in [0, 0.05) is 48.4 Å². The monoisotopic (exact) mass is 462 g/mol. The third kappa shape index (κ3) is 6.81. The van der Waals surface area contributed by atoms with Gasteiger partial charge in [0.1, 0.15) is 11.6 Å². The van der Waals surface area contributed by atoms with Crippen molar-refractivity contribution in [1.82, 2.24) is 9.97 Å². The molecule has 174 valence electrons. The number of nitrogens with one attached hydrogen (secondary N) is 2. The number of pyridine rings is 2. The van der Waals surface area contributed by atoms with Crippen molar-refractivity contribution in [3.63, 3.8) is 0 Å². The van der Waals surface area contributed by atoms with Crippen molar-refractivity contribution in [2.45, 2.75) is 12.8 Å². The second kappa shape index (κ2) is 10.6. The first-order valence-corrected chi connectivity index (χ1v) is 9.81. The van der Waals surface area contributed by atoms with Crippen LogP contribution >= 0.6 is 0 Å². The third-order valence-corrected chi connectivity index (χ3v) is 4.38. The highest BCUT2D eigenvalue weighted by atomic mass is 19.4. The van der Waals surface area contributed by atoms with Crippen LogP contribution in [0.5, 0.6) is 11.6 Å². The van der Waals surface area contributed by atoms with Crippen molar-refractivity contribution < 1.29 is 32.5 Å². The zero-order valence-corrected chi connectivity index (χ0v) is 17.5. The second-order valence-corrected chi connectivity index (χ2v) is 6.74. The van der Waals surface area contributed by atoms with E-state index in [1.54, 1.807) is 24.4 Å². The van der Waals surface area contributed by atoms with E-state index in [0.717, 1.165) is 12.1 Å². The van der Waals surface area contributed by atoms with Gasteiger partial charge >= 0.3 is 6.36 Å². The van der Waals surface area contributed by atoms with Gasteiger partial charge in [-0.1, -0.05) is 0 Å². The number of carbonyl (C=O) groups is 1. The number of ether oxygens (including phenoxy) is 2. The van der Waals surface area contributed by atoms with E-state index in [2.05, 4.69) is 25.3 Å². The number of anilines is 2. The summed E-state index contributed by atoms with van der Waals surface area (Å²) in [7, 11) is 1.50. The SMILES string of the molecule is COc1ccc(-c2cc(C(=O)Nc3ccc(OC(F)(F)F)cc3)cnc2NCCCO)cn1. The molecule has 0 aliphatic rings. The van der Waals surface area contributed by atoms with Gasteiger partial charge in [-0.05, 0) is 42.8 Å². The molecule has 11 heteroatoms. The largest absolute Gasteiger partial charge is 0.573 e. The Kier molecular flexibility index (Phi) is 7.67. The molecule has 0 spiro atoms. The summed E-state index contributed by atoms with van der Waals surface area (Å²) in [4.78, 5) is 21.2. The van der Waals surface area contributed by atoms with Crippen molar-refractivity contribution in [2.24, 2.45) is 0 Å². The minimum absolute atomic E-state index is 0.0136. The number of hydrogen-bond donors (Lipinski definition) is 3. The molecule has 0 saturated carbocycles. The molecule has 0 bridgehead atoms. The highest BCUT2D eigenvalue weighted by Crippen LogP contribution is 2.29. The lowest BCUT2D eigenvalue weighted by Crippen LogP contribution is -2.17. The zero-order valence-electron chi connectivity index (χ0n) is 17.5. The number of methoxy groups -OCH3 is 1. The maximum absolute atomic E-state index is 12.7. The molecular weight excluding hydrogens is 441 g/mol. The highest BCUT2D eigenvalue weighted by Gasteiger charge is 2.31. The van der Waals surface area contributed by atoms with E-state index in [4.69, 9.17) is 9.84 Å². The zero-order chi connectivity index (χ0) is 23.8. The fourth-order valence-corrected chi connectivity index (χ4v) is 2.84. The average Bonchev–Trinajstić information content (AvgIpc) is 2.80. The van der Waals surface area contributed by atoms with Crippen LogP contribution < -0.4 is 20.1 Å². The van der Waals surface area contributed by atoms with Crippen LogP contribution in [0.1, 0.15) is 16.8 Å². The number of halogens is 3. The number of aromatic nitrogens is 2. The fourth-order valence-electron chi connectivity index (χ4n) is 2.84. The van der Waals surface area contributed by atoms with Crippen molar-refractivity contribution in [3.8, 4) is 22.8 Å².